The van der Waals surface area contributed by atoms with Crippen LogP contribution in [0.2, 0.25) is 0 Å². The Labute approximate surface area is 249 Å². The predicted octanol–water partition coefficient (Wildman–Crippen LogP) is 9.26. The SMILES string of the molecule is CN(CCCCCCCC(F)(F)C(F)(F)F)CCCCCC[C@H]1C[C@]2(C)[C@@H](O)CC[C@H]2[C@@H]2CCc3cc(O)ccc3[C@@H]12. The van der Waals surface area contributed by atoms with Crippen LogP contribution in [-0.2, 0) is 6.42 Å². The number of hydrogen-bond acceptors (Lipinski definition) is 3. The summed E-state index contributed by atoms with van der Waals surface area (Å²) in [4.78, 5) is 2.29. The van der Waals surface area contributed by atoms with Gasteiger partial charge in [0.25, 0.3) is 0 Å². The molecule has 0 spiro atoms. The molecule has 2 N–H and O–H groups in total. The minimum atomic E-state index is -5.44. The second-order valence-corrected chi connectivity index (χ2v) is 14.0. The molecule has 3 aliphatic carbocycles. The Morgan fingerprint density at radius 3 is 2.21 bits per heavy atom. The molecule has 8 heteroatoms. The summed E-state index contributed by atoms with van der Waals surface area (Å²) in [6, 6.07) is 5.99. The third-order valence-electron chi connectivity index (χ3n) is 11.1. The number of rotatable bonds is 15. The van der Waals surface area contributed by atoms with Crippen LogP contribution in [0.5, 0.6) is 5.75 Å². The third-order valence-corrected chi connectivity index (χ3v) is 11.1. The third kappa shape index (κ3) is 7.80. The van der Waals surface area contributed by atoms with Gasteiger partial charge in [-0.05, 0) is 130 Å². The summed E-state index contributed by atoms with van der Waals surface area (Å²) in [5.41, 5.74) is 2.78. The summed E-state index contributed by atoms with van der Waals surface area (Å²) >= 11 is 0. The van der Waals surface area contributed by atoms with Crippen LogP contribution < -0.4 is 0 Å². The molecule has 0 radical (unpaired) electrons. The zero-order valence-corrected chi connectivity index (χ0v) is 25.6. The minimum absolute atomic E-state index is 0.0249. The molecule has 3 nitrogen and oxygen atoms in total. The van der Waals surface area contributed by atoms with Crippen LogP contribution in [0.1, 0.15) is 120 Å². The van der Waals surface area contributed by atoms with E-state index in [2.05, 4.69) is 24.9 Å². The predicted molar refractivity (Wildman–Crippen MR) is 157 cm³/mol. The van der Waals surface area contributed by atoms with E-state index in [-0.39, 0.29) is 17.9 Å². The van der Waals surface area contributed by atoms with Gasteiger partial charge < -0.3 is 15.1 Å². The number of phenols is 1. The summed E-state index contributed by atoms with van der Waals surface area (Å²) in [7, 11) is 2.09. The first-order valence-electron chi connectivity index (χ1n) is 16.5. The lowest BCUT2D eigenvalue weighted by atomic mass is 9.51. The summed E-state index contributed by atoms with van der Waals surface area (Å²) in [6.07, 6.45) is 7.22. The molecule has 4 rings (SSSR count). The number of nitrogens with zero attached hydrogens (tertiary/aromatic N) is 1. The average molecular weight is 602 g/mol. The summed E-state index contributed by atoms with van der Waals surface area (Å²) < 4.78 is 62.6. The molecule has 0 aliphatic heterocycles. The lowest BCUT2D eigenvalue weighted by molar-refractivity contribution is -0.284. The summed E-state index contributed by atoms with van der Waals surface area (Å²) in [6.45, 7) is 4.27. The van der Waals surface area contributed by atoms with E-state index in [9.17, 15) is 32.2 Å². The monoisotopic (exact) mass is 601 g/mol. The fraction of sp³-hybridized carbons (Fsp3) is 0.824. The van der Waals surface area contributed by atoms with Gasteiger partial charge in [-0.15, -0.1) is 0 Å². The van der Waals surface area contributed by atoms with Crippen LogP contribution in [-0.4, -0.2) is 53.5 Å². The molecule has 0 bridgehead atoms. The molecule has 0 saturated heterocycles. The first-order chi connectivity index (χ1) is 19.8. The quantitative estimate of drug-likeness (QED) is 0.156. The highest BCUT2D eigenvalue weighted by Crippen LogP contribution is 2.63. The van der Waals surface area contributed by atoms with E-state index in [1.54, 1.807) is 0 Å². The van der Waals surface area contributed by atoms with Gasteiger partial charge in [-0.2, -0.15) is 22.0 Å². The van der Waals surface area contributed by atoms with Crippen LogP contribution in [0.15, 0.2) is 18.2 Å². The molecule has 0 unspecified atom stereocenters. The zero-order valence-electron chi connectivity index (χ0n) is 25.6. The highest BCUT2D eigenvalue weighted by atomic mass is 19.4. The number of unbranched alkanes of at least 4 members (excludes halogenated alkanes) is 7. The van der Waals surface area contributed by atoms with Crippen LogP contribution >= 0.6 is 0 Å². The van der Waals surface area contributed by atoms with Gasteiger partial charge in [0.1, 0.15) is 5.75 Å². The van der Waals surface area contributed by atoms with Crippen molar-refractivity contribution in [3.63, 3.8) is 0 Å². The number of alkyl halides is 5. The zero-order chi connectivity index (χ0) is 30.5. The Hall–Kier alpha value is -1.41. The second kappa shape index (κ2) is 14.1. The van der Waals surface area contributed by atoms with Crippen LogP contribution in [0.3, 0.4) is 0 Å². The van der Waals surface area contributed by atoms with Crippen molar-refractivity contribution in [1.82, 2.24) is 4.90 Å². The van der Waals surface area contributed by atoms with Gasteiger partial charge in [0, 0.05) is 6.42 Å². The number of aliphatic hydroxyl groups is 1. The van der Waals surface area contributed by atoms with Crippen molar-refractivity contribution in [3.05, 3.63) is 29.3 Å². The molecular formula is C34H52F5NO2. The van der Waals surface area contributed by atoms with Crippen molar-refractivity contribution in [2.45, 2.75) is 134 Å². The summed E-state index contributed by atoms with van der Waals surface area (Å²) in [5, 5.41) is 21.1. The standard InChI is InChI=1S/C34H52F5NO2/c1-32-23-25(31-27-16-14-26(41)22-24(27)13-15-28(31)29(32)17-18-30(32)42)12-8-4-7-11-21-40(2)20-10-6-3-5-9-19-33(35,36)34(37,38)39/h14,16,22,25,28-31,41-42H,3-13,15,17-21,23H2,1-2H3/t25-,28-,29-,30-,31+,32-/m0/s1. The van der Waals surface area contributed by atoms with Gasteiger partial charge in [-0.1, -0.05) is 51.5 Å². The Morgan fingerprint density at radius 1 is 0.881 bits per heavy atom. The molecule has 2 saturated carbocycles. The largest absolute Gasteiger partial charge is 0.508 e. The minimum Gasteiger partial charge on any atom is -0.508 e. The fourth-order valence-corrected chi connectivity index (χ4v) is 8.78. The van der Waals surface area contributed by atoms with Crippen molar-refractivity contribution < 1.29 is 32.2 Å². The molecule has 2 fully saturated rings. The van der Waals surface area contributed by atoms with E-state index in [1.165, 1.54) is 36.8 Å². The van der Waals surface area contributed by atoms with Gasteiger partial charge >= 0.3 is 12.1 Å². The Balaban J connectivity index is 1.14. The van der Waals surface area contributed by atoms with Gasteiger partial charge in [-0.3, -0.25) is 0 Å². The number of aryl methyl sites for hydroxylation is 1. The topological polar surface area (TPSA) is 43.7 Å². The molecule has 6 atom stereocenters. The molecule has 1 aromatic rings. The summed E-state index contributed by atoms with van der Waals surface area (Å²) in [5.74, 6) is -1.90. The highest BCUT2D eigenvalue weighted by molar-refractivity contribution is 5.40. The number of hydrogen-bond donors (Lipinski definition) is 2. The average Bonchev–Trinajstić information content (AvgIpc) is 3.22. The van der Waals surface area contributed by atoms with Gasteiger partial charge in [0.05, 0.1) is 6.10 Å². The van der Waals surface area contributed by atoms with E-state index in [4.69, 9.17) is 0 Å². The molecule has 0 aromatic heterocycles. The van der Waals surface area contributed by atoms with Gasteiger partial charge in [-0.25, -0.2) is 0 Å². The molecular weight excluding hydrogens is 549 g/mol. The maximum Gasteiger partial charge on any atom is 0.453 e. The number of phenolic OH excluding ortho intramolecular Hbond substituents is 1. The maximum absolute atomic E-state index is 13.0. The number of aromatic hydroxyl groups is 1. The number of fused-ring (bicyclic) bond motifs is 5. The second-order valence-electron chi connectivity index (χ2n) is 14.0. The molecule has 42 heavy (non-hydrogen) atoms. The molecule has 0 amide bonds. The van der Waals surface area contributed by atoms with E-state index in [1.807, 2.05) is 12.1 Å². The Morgan fingerprint density at radius 2 is 1.52 bits per heavy atom. The number of benzene rings is 1. The maximum atomic E-state index is 13.0. The van der Waals surface area contributed by atoms with Crippen LogP contribution in [0, 0.1) is 23.2 Å². The number of aliphatic hydroxyl groups excluding tert-OH is 1. The van der Waals surface area contributed by atoms with E-state index >= 15 is 0 Å². The lowest BCUT2D eigenvalue weighted by Gasteiger charge is -2.54. The first-order valence-corrected chi connectivity index (χ1v) is 16.5. The fourth-order valence-electron chi connectivity index (χ4n) is 8.78. The van der Waals surface area contributed by atoms with Crippen molar-refractivity contribution in [1.29, 1.82) is 0 Å². The van der Waals surface area contributed by atoms with Crippen molar-refractivity contribution in [3.8, 4) is 5.75 Å². The van der Waals surface area contributed by atoms with Crippen LogP contribution in [0.25, 0.3) is 0 Å². The highest BCUT2D eigenvalue weighted by Gasteiger charge is 2.57. The molecule has 240 valence electrons. The van der Waals surface area contributed by atoms with Crippen molar-refractivity contribution in [2.24, 2.45) is 23.2 Å². The molecule has 0 heterocycles. The lowest BCUT2D eigenvalue weighted by Crippen LogP contribution is -2.47. The smallest absolute Gasteiger partial charge is 0.453 e. The van der Waals surface area contributed by atoms with Crippen molar-refractivity contribution >= 4 is 0 Å². The normalized spacial score (nSPS) is 29.4. The Kier molecular flexibility index (Phi) is 11.3. The first kappa shape index (κ1) is 33.5. The number of halogens is 5. The Bertz CT molecular complexity index is 1000. The van der Waals surface area contributed by atoms with Crippen LogP contribution in [0.4, 0.5) is 22.0 Å². The molecule has 3 aliphatic rings. The van der Waals surface area contributed by atoms with E-state index < -0.39 is 18.5 Å². The van der Waals surface area contributed by atoms with Gasteiger partial charge in [0.15, 0.2) is 0 Å². The molecule has 1 aromatic carbocycles. The van der Waals surface area contributed by atoms with E-state index in [0.717, 1.165) is 64.5 Å². The van der Waals surface area contributed by atoms with Gasteiger partial charge in [0.2, 0.25) is 0 Å². The van der Waals surface area contributed by atoms with Crippen molar-refractivity contribution in [2.75, 3.05) is 20.1 Å². The van der Waals surface area contributed by atoms with E-state index in [0.29, 0.717) is 42.3 Å².